The van der Waals surface area contributed by atoms with Gasteiger partial charge in [-0.05, 0) is 49.6 Å². The van der Waals surface area contributed by atoms with E-state index in [1.807, 2.05) is 24.3 Å². The Morgan fingerprint density at radius 1 is 1.07 bits per heavy atom. The molecule has 1 aromatic carbocycles. The number of aromatic amines is 1. The van der Waals surface area contributed by atoms with Crippen molar-refractivity contribution in [3.63, 3.8) is 0 Å². The van der Waals surface area contributed by atoms with Crippen LogP contribution in [0.5, 0.6) is 0 Å². The van der Waals surface area contributed by atoms with Crippen molar-refractivity contribution in [2.45, 2.75) is 58.4 Å². The summed E-state index contributed by atoms with van der Waals surface area (Å²) >= 11 is 0. The van der Waals surface area contributed by atoms with Gasteiger partial charge in [0, 0.05) is 30.0 Å². The van der Waals surface area contributed by atoms with Crippen LogP contribution in [0, 0.1) is 6.92 Å². The van der Waals surface area contributed by atoms with Crippen molar-refractivity contribution in [3.05, 3.63) is 46.8 Å². The number of rotatable bonds is 7. The highest BCUT2D eigenvalue weighted by Gasteiger charge is 2.24. The summed E-state index contributed by atoms with van der Waals surface area (Å²) in [6, 6.07) is 8.13. The van der Waals surface area contributed by atoms with Crippen LogP contribution < -0.4 is 10.6 Å². The fourth-order valence-corrected chi connectivity index (χ4v) is 4.02. The Labute approximate surface area is 176 Å². The number of nitrogens with one attached hydrogen (secondary N) is 3. The Morgan fingerprint density at radius 2 is 1.70 bits per heavy atom. The number of methoxy groups -OCH3 is 1. The van der Waals surface area contributed by atoms with Gasteiger partial charge in [0.2, 0.25) is 5.91 Å². The van der Waals surface area contributed by atoms with Crippen LogP contribution in [0.25, 0.3) is 0 Å². The number of benzene rings is 1. The van der Waals surface area contributed by atoms with E-state index in [-0.39, 0.29) is 23.7 Å². The number of hydrogen-bond acceptors (Lipinski definition) is 5. The third-order valence-electron chi connectivity index (χ3n) is 5.55. The van der Waals surface area contributed by atoms with E-state index in [1.165, 1.54) is 46.1 Å². The molecular weight excluding hydrogens is 382 g/mol. The summed E-state index contributed by atoms with van der Waals surface area (Å²) in [5.74, 6) is -1.06. The molecular formula is C23H29N3O4. The molecule has 7 heteroatoms. The lowest BCUT2D eigenvalue weighted by Crippen LogP contribution is -2.22. The Morgan fingerprint density at radius 3 is 2.30 bits per heavy atom. The summed E-state index contributed by atoms with van der Waals surface area (Å²) in [5, 5.41) is 6.39. The average molecular weight is 412 g/mol. The van der Waals surface area contributed by atoms with Gasteiger partial charge in [0.1, 0.15) is 0 Å². The first kappa shape index (κ1) is 21.6. The fourth-order valence-electron chi connectivity index (χ4n) is 4.02. The average Bonchev–Trinajstić information content (AvgIpc) is 3.05. The number of hydrogen-bond donors (Lipinski definition) is 3. The van der Waals surface area contributed by atoms with Crippen LogP contribution in [-0.4, -0.2) is 35.8 Å². The normalized spacial score (nSPS) is 14.2. The minimum atomic E-state index is -0.572. The van der Waals surface area contributed by atoms with Crippen LogP contribution in [0.15, 0.2) is 24.3 Å². The number of ether oxygens (including phenoxy) is 1. The Balaban J connectivity index is 1.66. The van der Waals surface area contributed by atoms with Gasteiger partial charge in [0.05, 0.1) is 24.8 Å². The van der Waals surface area contributed by atoms with E-state index in [0.29, 0.717) is 28.7 Å². The van der Waals surface area contributed by atoms with Crippen LogP contribution in [0.3, 0.4) is 0 Å². The van der Waals surface area contributed by atoms with E-state index >= 15 is 0 Å². The molecule has 2 aromatic rings. The molecule has 1 saturated carbocycles. The summed E-state index contributed by atoms with van der Waals surface area (Å²) in [6.07, 6.45) is 6.17. The lowest BCUT2D eigenvalue weighted by atomic mass is 9.95. The lowest BCUT2D eigenvalue weighted by Gasteiger charge is -2.23. The van der Waals surface area contributed by atoms with E-state index < -0.39 is 5.97 Å². The minimum absolute atomic E-state index is 0.0688. The topological polar surface area (TPSA) is 100 Å². The maximum Gasteiger partial charge on any atom is 0.339 e. The van der Waals surface area contributed by atoms with Crippen molar-refractivity contribution in [2.75, 3.05) is 17.7 Å². The van der Waals surface area contributed by atoms with Gasteiger partial charge in [-0.3, -0.25) is 9.59 Å². The van der Waals surface area contributed by atoms with Crippen molar-refractivity contribution in [1.82, 2.24) is 4.98 Å². The standard InChI is InChI=1S/C23H29N3O4/c1-14-21(23(29)30-3)19(26-22(14)15(2)27)13-20(28)25-18-11-9-17(10-12-18)24-16-7-5-4-6-8-16/h9-12,16,24,26H,4-8,13H2,1-3H3,(H,25,28). The first-order chi connectivity index (χ1) is 14.4. The second kappa shape index (κ2) is 9.61. The molecule has 0 aliphatic heterocycles. The molecule has 3 N–H and O–H groups in total. The van der Waals surface area contributed by atoms with Gasteiger partial charge in [0.15, 0.2) is 5.78 Å². The first-order valence-electron chi connectivity index (χ1n) is 10.4. The van der Waals surface area contributed by atoms with Crippen molar-refractivity contribution >= 4 is 29.0 Å². The summed E-state index contributed by atoms with van der Waals surface area (Å²) in [7, 11) is 1.27. The molecule has 30 heavy (non-hydrogen) atoms. The zero-order valence-electron chi connectivity index (χ0n) is 17.8. The van der Waals surface area contributed by atoms with E-state index in [4.69, 9.17) is 4.74 Å². The van der Waals surface area contributed by atoms with Gasteiger partial charge in [-0.2, -0.15) is 0 Å². The van der Waals surface area contributed by atoms with Crippen molar-refractivity contribution in [3.8, 4) is 0 Å². The Bertz CT molecular complexity index is 925. The zero-order chi connectivity index (χ0) is 21.7. The highest BCUT2D eigenvalue weighted by molar-refractivity contribution is 6.02. The van der Waals surface area contributed by atoms with Gasteiger partial charge in [-0.25, -0.2) is 4.79 Å². The minimum Gasteiger partial charge on any atom is -0.465 e. The summed E-state index contributed by atoms with van der Waals surface area (Å²) < 4.78 is 4.82. The number of carbonyl (C=O) groups is 3. The second-order valence-corrected chi connectivity index (χ2v) is 7.81. The summed E-state index contributed by atoms with van der Waals surface area (Å²) in [6.45, 7) is 3.07. The van der Waals surface area contributed by atoms with Crippen LogP contribution in [0.4, 0.5) is 11.4 Å². The number of esters is 1. The lowest BCUT2D eigenvalue weighted by molar-refractivity contribution is -0.115. The molecule has 1 amide bonds. The van der Waals surface area contributed by atoms with Gasteiger partial charge in [-0.15, -0.1) is 0 Å². The number of anilines is 2. The van der Waals surface area contributed by atoms with Crippen molar-refractivity contribution < 1.29 is 19.1 Å². The highest BCUT2D eigenvalue weighted by atomic mass is 16.5. The first-order valence-corrected chi connectivity index (χ1v) is 10.4. The summed E-state index contributed by atoms with van der Waals surface area (Å²) in [5.41, 5.74) is 3.14. The zero-order valence-corrected chi connectivity index (χ0v) is 17.8. The van der Waals surface area contributed by atoms with Crippen molar-refractivity contribution in [1.29, 1.82) is 0 Å². The second-order valence-electron chi connectivity index (χ2n) is 7.81. The molecule has 1 heterocycles. The number of carbonyl (C=O) groups excluding carboxylic acids is 3. The van der Waals surface area contributed by atoms with Crippen LogP contribution >= 0.6 is 0 Å². The molecule has 0 bridgehead atoms. The molecule has 1 aliphatic rings. The smallest absolute Gasteiger partial charge is 0.339 e. The van der Waals surface area contributed by atoms with E-state index in [2.05, 4.69) is 15.6 Å². The molecule has 0 atom stereocenters. The summed E-state index contributed by atoms with van der Waals surface area (Å²) in [4.78, 5) is 39.4. The molecule has 7 nitrogen and oxygen atoms in total. The molecule has 1 aromatic heterocycles. The van der Waals surface area contributed by atoms with E-state index in [0.717, 1.165) is 5.69 Å². The molecule has 1 fully saturated rings. The maximum atomic E-state index is 12.6. The van der Waals surface area contributed by atoms with Crippen molar-refractivity contribution in [2.24, 2.45) is 0 Å². The maximum absolute atomic E-state index is 12.6. The quantitative estimate of drug-likeness (QED) is 0.467. The third kappa shape index (κ3) is 5.09. The highest BCUT2D eigenvalue weighted by Crippen LogP contribution is 2.23. The molecule has 0 radical (unpaired) electrons. The molecule has 160 valence electrons. The van der Waals surface area contributed by atoms with E-state index in [9.17, 15) is 14.4 Å². The SMILES string of the molecule is COC(=O)c1c(CC(=O)Nc2ccc(NC3CCCCC3)cc2)[nH]c(C(C)=O)c1C. The molecule has 3 rings (SSSR count). The number of amides is 1. The largest absolute Gasteiger partial charge is 0.465 e. The monoisotopic (exact) mass is 411 g/mol. The third-order valence-corrected chi connectivity index (χ3v) is 5.55. The predicted molar refractivity (Wildman–Crippen MR) is 116 cm³/mol. The number of Topliss-reactive ketones (excluding diaryl/α,β-unsaturated/α-hetero) is 1. The van der Waals surface area contributed by atoms with Gasteiger partial charge in [-0.1, -0.05) is 19.3 Å². The van der Waals surface area contributed by atoms with Gasteiger partial charge >= 0.3 is 5.97 Å². The number of aromatic nitrogens is 1. The van der Waals surface area contributed by atoms with Crippen LogP contribution in [0.2, 0.25) is 0 Å². The van der Waals surface area contributed by atoms with Crippen LogP contribution in [0.1, 0.15) is 71.1 Å². The predicted octanol–water partition coefficient (Wildman–Crippen LogP) is 4.24. The number of ketones is 1. The molecule has 0 unspecified atom stereocenters. The molecule has 0 spiro atoms. The Hall–Kier alpha value is -3.09. The van der Waals surface area contributed by atoms with Gasteiger partial charge < -0.3 is 20.4 Å². The molecule has 0 saturated heterocycles. The van der Waals surface area contributed by atoms with E-state index in [1.54, 1.807) is 6.92 Å². The number of H-pyrrole nitrogens is 1. The van der Waals surface area contributed by atoms with Crippen LogP contribution in [-0.2, 0) is 16.0 Å². The van der Waals surface area contributed by atoms with Gasteiger partial charge in [0.25, 0.3) is 0 Å². The molecule has 1 aliphatic carbocycles. The Kier molecular flexibility index (Phi) is 6.92. The fraction of sp³-hybridized carbons (Fsp3) is 0.435.